The van der Waals surface area contributed by atoms with Crippen LogP contribution in [-0.2, 0) is 11.0 Å². The third-order valence-electron chi connectivity index (χ3n) is 1.95. The standard InChI is InChI=1S/C9H12F3N5O/c1-13-7(18)4-15-6-3-5(9(10,11)12)16-8(14-2)17-6/h3H,4H2,1-2H3,(H,13,18)(H2,14,15,16,17). The Balaban J connectivity index is 2.94. The summed E-state index contributed by atoms with van der Waals surface area (Å²) in [5, 5.41) is 7.22. The van der Waals surface area contributed by atoms with Gasteiger partial charge in [0.1, 0.15) is 5.82 Å². The third-order valence-corrected chi connectivity index (χ3v) is 1.95. The van der Waals surface area contributed by atoms with Crippen LogP contribution < -0.4 is 16.0 Å². The molecule has 0 aliphatic carbocycles. The molecule has 0 aromatic carbocycles. The van der Waals surface area contributed by atoms with Crippen molar-refractivity contribution in [2.24, 2.45) is 0 Å². The second kappa shape index (κ2) is 5.52. The van der Waals surface area contributed by atoms with Crippen molar-refractivity contribution in [1.29, 1.82) is 0 Å². The van der Waals surface area contributed by atoms with Crippen molar-refractivity contribution in [1.82, 2.24) is 15.3 Å². The first kappa shape index (κ1) is 14.0. The summed E-state index contributed by atoms with van der Waals surface area (Å²) < 4.78 is 37.6. The number of hydrogen-bond donors (Lipinski definition) is 3. The molecule has 0 fully saturated rings. The molecule has 18 heavy (non-hydrogen) atoms. The number of alkyl halides is 3. The van der Waals surface area contributed by atoms with E-state index in [2.05, 4.69) is 25.9 Å². The van der Waals surface area contributed by atoms with Crippen LogP contribution in [0.5, 0.6) is 0 Å². The van der Waals surface area contributed by atoms with Gasteiger partial charge in [0, 0.05) is 20.2 Å². The Morgan fingerprint density at radius 3 is 2.50 bits per heavy atom. The molecule has 1 aromatic heterocycles. The average Bonchev–Trinajstić information content (AvgIpc) is 2.34. The highest BCUT2D eigenvalue weighted by Crippen LogP contribution is 2.29. The molecule has 0 saturated heterocycles. The molecule has 0 aliphatic heterocycles. The number of amides is 1. The van der Waals surface area contributed by atoms with Crippen LogP contribution in [-0.4, -0.2) is 36.5 Å². The fraction of sp³-hybridized carbons (Fsp3) is 0.444. The summed E-state index contributed by atoms with van der Waals surface area (Å²) in [5.41, 5.74) is -1.08. The Labute approximate surface area is 101 Å². The molecule has 1 aromatic rings. The normalized spacial score (nSPS) is 10.9. The van der Waals surface area contributed by atoms with Crippen LogP contribution in [0.4, 0.5) is 24.9 Å². The van der Waals surface area contributed by atoms with E-state index in [4.69, 9.17) is 0 Å². The molecule has 0 unspecified atom stereocenters. The Bertz CT molecular complexity index is 435. The van der Waals surface area contributed by atoms with Gasteiger partial charge in [-0.15, -0.1) is 0 Å². The molecule has 0 spiro atoms. The van der Waals surface area contributed by atoms with Crippen LogP contribution in [0.2, 0.25) is 0 Å². The highest BCUT2D eigenvalue weighted by atomic mass is 19.4. The van der Waals surface area contributed by atoms with E-state index in [1.807, 2.05) is 0 Å². The van der Waals surface area contributed by atoms with Crippen LogP contribution in [0, 0.1) is 0 Å². The van der Waals surface area contributed by atoms with Crippen molar-refractivity contribution in [3.63, 3.8) is 0 Å². The summed E-state index contributed by atoms with van der Waals surface area (Å²) in [5.74, 6) is -0.623. The van der Waals surface area contributed by atoms with E-state index in [-0.39, 0.29) is 24.2 Å². The van der Waals surface area contributed by atoms with E-state index >= 15 is 0 Å². The molecule has 1 rings (SSSR count). The van der Waals surface area contributed by atoms with E-state index in [0.717, 1.165) is 6.07 Å². The smallest absolute Gasteiger partial charge is 0.361 e. The summed E-state index contributed by atoms with van der Waals surface area (Å²) in [4.78, 5) is 18.0. The van der Waals surface area contributed by atoms with Crippen LogP contribution in [0.1, 0.15) is 5.69 Å². The van der Waals surface area contributed by atoms with Gasteiger partial charge in [0.25, 0.3) is 0 Å². The summed E-state index contributed by atoms with van der Waals surface area (Å²) >= 11 is 0. The van der Waals surface area contributed by atoms with Crippen LogP contribution in [0.3, 0.4) is 0 Å². The Hall–Kier alpha value is -2.06. The molecule has 100 valence electrons. The monoisotopic (exact) mass is 263 g/mol. The summed E-state index contributed by atoms with van der Waals surface area (Å²) in [7, 11) is 2.82. The topological polar surface area (TPSA) is 78.9 Å². The maximum Gasteiger partial charge on any atom is 0.433 e. The Morgan fingerprint density at radius 1 is 1.33 bits per heavy atom. The van der Waals surface area contributed by atoms with Crippen LogP contribution in [0.15, 0.2) is 6.07 Å². The van der Waals surface area contributed by atoms with Crippen molar-refractivity contribution in [2.45, 2.75) is 6.18 Å². The fourth-order valence-corrected chi connectivity index (χ4v) is 1.05. The lowest BCUT2D eigenvalue weighted by Crippen LogP contribution is -2.26. The first-order valence-corrected chi connectivity index (χ1v) is 4.95. The molecule has 0 bridgehead atoms. The number of nitrogens with zero attached hydrogens (tertiary/aromatic N) is 2. The van der Waals surface area contributed by atoms with Crippen LogP contribution in [0.25, 0.3) is 0 Å². The maximum atomic E-state index is 12.5. The Morgan fingerprint density at radius 2 is 2.00 bits per heavy atom. The molecule has 0 aliphatic rings. The number of carbonyl (C=O) groups excluding carboxylic acids is 1. The second-order valence-corrected chi connectivity index (χ2v) is 3.24. The van der Waals surface area contributed by atoms with Crippen LogP contribution >= 0.6 is 0 Å². The lowest BCUT2D eigenvalue weighted by molar-refractivity contribution is -0.141. The molecular formula is C9H12F3N5O. The van der Waals surface area contributed by atoms with E-state index < -0.39 is 11.9 Å². The molecule has 0 radical (unpaired) electrons. The SMILES string of the molecule is CNC(=O)CNc1cc(C(F)(F)F)nc(NC)n1. The first-order valence-electron chi connectivity index (χ1n) is 4.95. The number of carbonyl (C=O) groups is 1. The number of halogens is 3. The Kier molecular flexibility index (Phi) is 4.29. The minimum atomic E-state index is -4.57. The predicted octanol–water partition coefficient (Wildman–Crippen LogP) is 0.695. The molecule has 0 saturated carbocycles. The van der Waals surface area contributed by atoms with Crippen molar-refractivity contribution < 1.29 is 18.0 Å². The highest BCUT2D eigenvalue weighted by molar-refractivity contribution is 5.80. The maximum absolute atomic E-state index is 12.5. The molecule has 6 nitrogen and oxygen atoms in total. The fourth-order valence-electron chi connectivity index (χ4n) is 1.05. The van der Waals surface area contributed by atoms with Gasteiger partial charge < -0.3 is 16.0 Å². The van der Waals surface area contributed by atoms with E-state index in [1.165, 1.54) is 14.1 Å². The molecule has 9 heteroatoms. The minimum absolute atomic E-state index is 0.0784. The number of hydrogen-bond acceptors (Lipinski definition) is 5. The van der Waals surface area contributed by atoms with Gasteiger partial charge in [-0.2, -0.15) is 18.2 Å². The molecule has 1 amide bonds. The van der Waals surface area contributed by atoms with Gasteiger partial charge in [-0.1, -0.05) is 0 Å². The number of aromatic nitrogens is 2. The highest BCUT2D eigenvalue weighted by Gasteiger charge is 2.33. The summed E-state index contributed by atoms with van der Waals surface area (Å²) in [6.07, 6.45) is -4.57. The molecule has 3 N–H and O–H groups in total. The van der Waals surface area contributed by atoms with Crippen molar-refractivity contribution in [3.05, 3.63) is 11.8 Å². The minimum Gasteiger partial charge on any atom is -0.361 e. The predicted molar refractivity (Wildman–Crippen MR) is 59.1 cm³/mol. The van der Waals surface area contributed by atoms with Gasteiger partial charge in [0.2, 0.25) is 11.9 Å². The number of anilines is 2. The largest absolute Gasteiger partial charge is 0.433 e. The van der Waals surface area contributed by atoms with Gasteiger partial charge in [0.05, 0.1) is 6.54 Å². The molecule has 0 atom stereocenters. The number of rotatable bonds is 4. The lowest BCUT2D eigenvalue weighted by Gasteiger charge is -2.11. The molecule has 1 heterocycles. The van der Waals surface area contributed by atoms with E-state index in [1.54, 1.807) is 0 Å². The van der Waals surface area contributed by atoms with Gasteiger partial charge in [-0.05, 0) is 0 Å². The zero-order valence-corrected chi connectivity index (χ0v) is 9.72. The zero-order chi connectivity index (χ0) is 13.8. The quantitative estimate of drug-likeness (QED) is 0.745. The molecular weight excluding hydrogens is 251 g/mol. The van der Waals surface area contributed by atoms with Gasteiger partial charge in [-0.25, -0.2) is 4.98 Å². The van der Waals surface area contributed by atoms with Crippen molar-refractivity contribution >= 4 is 17.7 Å². The van der Waals surface area contributed by atoms with Gasteiger partial charge in [0.15, 0.2) is 5.69 Å². The summed E-state index contributed by atoms with van der Waals surface area (Å²) in [6.45, 7) is -0.173. The number of likely N-dealkylation sites (N-methyl/N-ethyl adjacent to an activating group) is 1. The third kappa shape index (κ3) is 3.75. The number of nitrogens with one attached hydrogen (secondary N) is 3. The van der Waals surface area contributed by atoms with Gasteiger partial charge >= 0.3 is 6.18 Å². The first-order chi connectivity index (χ1) is 8.36. The van der Waals surface area contributed by atoms with E-state index in [0.29, 0.717) is 0 Å². The van der Waals surface area contributed by atoms with Crippen molar-refractivity contribution in [3.8, 4) is 0 Å². The van der Waals surface area contributed by atoms with E-state index in [9.17, 15) is 18.0 Å². The lowest BCUT2D eigenvalue weighted by atomic mass is 10.3. The summed E-state index contributed by atoms with van der Waals surface area (Å²) in [6, 6.07) is 0.740. The zero-order valence-electron chi connectivity index (χ0n) is 9.72. The average molecular weight is 263 g/mol. The van der Waals surface area contributed by atoms with Crippen molar-refractivity contribution in [2.75, 3.05) is 31.3 Å². The second-order valence-electron chi connectivity index (χ2n) is 3.24. The van der Waals surface area contributed by atoms with Gasteiger partial charge in [-0.3, -0.25) is 4.79 Å².